The molecule has 20 heavy (non-hydrogen) atoms. The molecule has 0 heterocycles. The van der Waals surface area contributed by atoms with Gasteiger partial charge in [0.2, 0.25) is 5.91 Å². The number of rotatable bonds is 4. The molecule has 3 nitrogen and oxygen atoms in total. The van der Waals surface area contributed by atoms with Gasteiger partial charge in [0, 0.05) is 10.9 Å². The van der Waals surface area contributed by atoms with Crippen molar-refractivity contribution in [2.75, 3.05) is 0 Å². The van der Waals surface area contributed by atoms with E-state index < -0.39 is 0 Å². The molecule has 2 rings (SSSR count). The summed E-state index contributed by atoms with van der Waals surface area (Å²) < 4.78 is 1.01. The van der Waals surface area contributed by atoms with Crippen molar-refractivity contribution < 1.29 is 4.79 Å². The van der Waals surface area contributed by atoms with Crippen molar-refractivity contribution in [1.82, 2.24) is 0 Å². The molecule has 4 heteroatoms. The van der Waals surface area contributed by atoms with Crippen molar-refractivity contribution >= 4 is 21.8 Å². The zero-order valence-electron chi connectivity index (χ0n) is 10.8. The van der Waals surface area contributed by atoms with E-state index in [1.165, 1.54) is 0 Å². The van der Waals surface area contributed by atoms with Crippen LogP contribution in [0.5, 0.6) is 0 Å². The highest BCUT2D eigenvalue weighted by atomic mass is 79.9. The van der Waals surface area contributed by atoms with Crippen molar-refractivity contribution in [3.05, 3.63) is 58.1 Å². The lowest BCUT2D eigenvalue weighted by Gasteiger charge is -2.10. The summed E-state index contributed by atoms with van der Waals surface area (Å²) in [4.78, 5) is 11.0. The Morgan fingerprint density at radius 2 is 1.90 bits per heavy atom. The summed E-state index contributed by atoms with van der Waals surface area (Å²) >= 11 is 3.40. The normalized spacial score (nSPS) is 10.0. The maximum atomic E-state index is 11.0. The predicted molar refractivity (Wildman–Crippen MR) is 81.8 cm³/mol. The molecular formula is C16H13BrN2O. The molecule has 0 aliphatic rings. The van der Waals surface area contributed by atoms with Crippen molar-refractivity contribution in [2.45, 2.75) is 12.8 Å². The first kappa shape index (κ1) is 14.3. The summed E-state index contributed by atoms with van der Waals surface area (Å²) in [5, 5.41) is 8.99. The Labute approximate surface area is 126 Å². The number of hydrogen-bond donors (Lipinski definition) is 1. The molecule has 0 saturated heterocycles. The molecule has 0 aromatic heterocycles. The number of nitriles is 1. The molecule has 0 spiro atoms. The molecule has 0 bridgehead atoms. The molecule has 0 atom stereocenters. The van der Waals surface area contributed by atoms with Crippen molar-refractivity contribution in [2.24, 2.45) is 5.73 Å². The third-order valence-electron chi connectivity index (χ3n) is 3.03. The minimum absolute atomic E-state index is 0.276. The van der Waals surface area contributed by atoms with Gasteiger partial charge in [0.25, 0.3) is 0 Å². The van der Waals surface area contributed by atoms with Crippen LogP contribution in [-0.2, 0) is 11.2 Å². The Balaban J connectivity index is 2.43. The summed E-state index contributed by atoms with van der Waals surface area (Å²) in [7, 11) is 0. The number of halogens is 1. The van der Waals surface area contributed by atoms with Gasteiger partial charge in [-0.15, -0.1) is 0 Å². The fraction of sp³-hybridized carbons (Fsp3) is 0.125. The van der Waals surface area contributed by atoms with Gasteiger partial charge in [0.1, 0.15) is 0 Å². The Kier molecular flexibility index (Phi) is 4.54. The van der Waals surface area contributed by atoms with Gasteiger partial charge in [0.15, 0.2) is 0 Å². The first-order valence-electron chi connectivity index (χ1n) is 6.17. The minimum atomic E-state index is -0.339. The molecule has 1 amide bonds. The molecule has 0 aliphatic heterocycles. The summed E-state index contributed by atoms with van der Waals surface area (Å²) in [5.41, 5.74) is 8.84. The Morgan fingerprint density at radius 3 is 2.50 bits per heavy atom. The van der Waals surface area contributed by atoms with Crippen LogP contribution in [0, 0.1) is 11.3 Å². The second-order valence-corrected chi connectivity index (χ2v) is 5.37. The van der Waals surface area contributed by atoms with Crippen LogP contribution in [0.25, 0.3) is 11.1 Å². The number of aryl methyl sites for hydroxylation is 1. The van der Waals surface area contributed by atoms with E-state index >= 15 is 0 Å². The molecule has 0 fully saturated rings. The van der Waals surface area contributed by atoms with Gasteiger partial charge in [-0.3, -0.25) is 4.79 Å². The highest BCUT2D eigenvalue weighted by Gasteiger charge is 2.08. The van der Waals surface area contributed by atoms with Gasteiger partial charge in [0.05, 0.1) is 11.6 Å². The molecule has 0 radical (unpaired) electrons. The summed E-state index contributed by atoms with van der Waals surface area (Å²) in [5.74, 6) is -0.339. The SMILES string of the molecule is N#Cc1ccc(-c2ccc(Br)cc2)c(CCC(N)=O)c1. The van der Waals surface area contributed by atoms with Gasteiger partial charge in [-0.2, -0.15) is 5.26 Å². The van der Waals surface area contributed by atoms with E-state index in [9.17, 15) is 4.79 Å². The van der Waals surface area contributed by atoms with Crippen LogP contribution in [0.2, 0.25) is 0 Å². The van der Waals surface area contributed by atoms with E-state index in [1.807, 2.05) is 36.4 Å². The second-order valence-electron chi connectivity index (χ2n) is 4.46. The molecule has 2 aromatic carbocycles. The predicted octanol–water partition coefficient (Wildman–Crippen LogP) is 3.41. The number of amides is 1. The Hall–Kier alpha value is -2.12. The van der Waals surface area contributed by atoms with Crippen LogP contribution in [0.3, 0.4) is 0 Å². The number of hydrogen-bond acceptors (Lipinski definition) is 2. The average Bonchev–Trinajstić information content (AvgIpc) is 2.45. The maximum absolute atomic E-state index is 11.0. The smallest absolute Gasteiger partial charge is 0.217 e. The first-order chi connectivity index (χ1) is 9.60. The van der Waals surface area contributed by atoms with Crippen LogP contribution in [0.15, 0.2) is 46.9 Å². The topological polar surface area (TPSA) is 66.9 Å². The van der Waals surface area contributed by atoms with Gasteiger partial charge < -0.3 is 5.73 Å². The van der Waals surface area contributed by atoms with Crippen molar-refractivity contribution in [3.8, 4) is 17.2 Å². The number of nitrogens with two attached hydrogens (primary N) is 1. The summed E-state index contributed by atoms with van der Waals surface area (Å²) in [6.45, 7) is 0. The largest absolute Gasteiger partial charge is 0.370 e. The number of carbonyl (C=O) groups excluding carboxylic acids is 1. The highest BCUT2D eigenvalue weighted by molar-refractivity contribution is 9.10. The Bertz CT molecular complexity index is 672. The van der Waals surface area contributed by atoms with E-state index in [-0.39, 0.29) is 12.3 Å². The van der Waals surface area contributed by atoms with Gasteiger partial charge in [-0.05, 0) is 47.4 Å². The number of benzene rings is 2. The standard InChI is InChI=1S/C16H13BrN2O/c17-14-5-2-12(3-6-14)15-7-1-11(10-18)9-13(15)4-8-16(19)20/h1-3,5-7,9H,4,8H2,(H2,19,20). The second kappa shape index (κ2) is 6.36. The molecule has 2 aromatic rings. The van der Waals surface area contributed by atoms with Crippen LogP contribution >= 0.6 is 15.9 Å². The maximum Gasteiger partial charge on any atom is 0.217 e. The molecule has 0 unspecified atom stereocenters. The van der Waals surface area contributed by atoms with E-state index in [1.54, 1.807) is 6.07 Å². The van der Waals surface area contributed by atoms with Gasteiger partial charge in [-0.1, -0.05) is 34.1 Å². The van der Waals surface area contributed by atoms with E-state index in [0.717, 1.165) is 21.2 Å². The zero-order chi connectivity index (χ0) is 14.5. The fourth-order valence-corrected chi connectivity index (χ4v) is 2.30. The molecule has 0 aliphatic carbocycles. The van der Waals surface area contributed by atoms with Crippen LogP contribution in [0.4, 0.5) is 0 Å². The third-order valence-corrected chi connectivity index (χ3v) is 3.56. The lowest BCUT2D eigenvalue weighted by atomic mass is 9.95. The lowest BCUT2D eigenvalue weighted by Crippen LogP contribution is -2.11. The van der Waals surface area contributed by atoms with Crippen LogP contribution in [-0.4, -0.2) is 5.91 Å². The van der Waals surface area contributed by atoms with E-state index in [4.69, 9.17) is 11.0 Å². The lowest BCUT2D eigenvalue weighted by molar-refractivity contribution is -0.117. The summed E-state index contributed by atoms with van der Waals surface area (Å²) in [6, 6.07) is 15.6. The highest BCUT2D eigenvalue weighted by Crippen LogP contribution is 2.27. The van der Waals surface area contributed by atoms with Gasteiger partial charge >= 0.3 is 0 Å². The fourth-order valence-electron chi connectivity index (χ4n) is 2.04. The van der Waals surface area contributed by atoms with Crippen LogP contribution in [0.1, 0.15) is 17.5 Å². The Morgan fingerprint density at radius 1 is 1.20 bits per heavy atom. The first-order valence-corrected chi connectivity index (χ1v) is 6.96. The number of carbonyl (C=O) groups is 1. The van der Waals surface area contributed by atoms with Crippen LogP contribution < -0.4 is 5.73 Å². The molecule has 0 saturated carbocycles. The summed E-state index contributed by atoms with van der Waals surface area (Å²) in [6.07, 6.45) is 0.814. The van der Waals surface area contributed by atoms with Crippen molar-refractivity contribution in [1.29, 1.82) is 5.26 Å². The zero-order valence-corrected chi connectivity index (χ0v) is 12.4. The molecule has 100 valence electrons. The monoisotopic (exact) mass is 328 g/mol. The number of primary amides is 1. The number of nitrogens with zero attached hydrogens (tertiary/aromatic N) is 1. The molecule has 2 N–H and O–H groups in total. The average molecular weight is 329 g/mol. The quantitative estimate of drug-likeness (QED) is 0.934. The van der Waals surface area contributed by atoms with Gasteiger partial charge in [-0.25, -0.2) is 0 Å². The molecular weight excluding hydrogens is 316 g/mol. The van der Waals surface area contributed by atoms with E-state index in [0.29, 0.717) is 12.0 Å². The minimum Gasteiger partial charge on any atom is -0.370 e. The van der Waals surface area contributed by atoms with E-state index in [2.05, 4.69) is 22.0 Å². The van der Waals surface area contributed by atoms with Crippen molar-refractivity contribution in [3.63, 3.8) is 0 Å². The third kappa shape index (κ3) is 3.46.